The van der Waals surface area contributed by atoms with E-state index in [9.17, 15) is 0 Å². The molecule has 0 bridgehead atoms. The van der Waals surface area contributed by atoms with Crippen LogP contribution < -0.4 is 4.90 Å². The van der Waals surface area contributed by atoms with Crippen molar-refractivity contribution in [2.45, 2.75) is 0 Å². The molecule has 0 spiro atoms. The van der Waals surface area contributed by atoms with Crippen molar-refractivity contribution >= 4 is 71.7 Å². The summed E-state index contributed by atoms with van der Waals surface area (Å²) in [5, 5.41) is 6.91. The van der Waals surface area contributed by atoms with Gasteiger partial charge in [0.15, 0.2) is 5.58 Å². The SMILES string of the molecule is c1ccc(-c2cccc3c2oc2c(N(c4ccc(-c5ccc6ccccc6c5)cc4)c4ccc(-c5cccc6oc7ccccc7c56)cc4)cccc23)cc1. The lowest BCUT2D eigenvalue weighted by Crippen LogP contribution is -2.10. The smallest absolute Gasteiger partial charge is 0.159 e. The zero-order valence-corrected chi connectivity index (χ0v) is 29.8. The van der Waals surface area contributed by atoms with Gasteiger partial charge in [-0.3, -0.25) is 0 Å². The Morgan fingerprint density at radius 2 is 0.909 bits per heavy atom. The summed E-state index contributed by atoms with van der Waals surface area (Å²) in [6.45, 7) is 0. The molecule has 3 nitrogen and oxygen atoms in total. The van der Waals surface area contributed by atoms with Crippen LogP contribution in [0.5, 0.6) is 0 Å². The third kappa shape index (κ3) is 5.20. The number of benzene rings is 9. The minimum Gasteiger partial charge on any atom is -0.456 e. The highest BCUT2D eigenvalue weighted by atomic mass is 16.3. The average molecular weight is 704 g/mol. The van der Waals surface area contributed by atoms with Crippen molar-refractivity contribution in [1.82, 2.24) is 0 Å². The highest BCUT2D eigenvalue weighted by molar-refractivity contribution is 6.14. The van der Waals surface area contributed by atoms with Crippen molar-refractivity contribution in [1.29, 1.82) is 0 Å². The highest BCUT2D eigenvalue weighted by Gasteiger charge is 2.21. The number of para-hydroxylation sites is 3. The van der Waals surface area contributed by atoms with Crippen LogP contribution in [0.4, 0.5) is 17.1 Å². The van der Waals surface area contributed by atoms with E-state index >= 15 is 0 Å². The fraction of sp³-hybridized carbons (Fsp3) is 0. The van der Waals surface area contributed by atoms with Crippen LogP contribution in [0.25, 0.3) is 88.0 Å². The largest absolute Gasteiger partial charge is 0.456 e. The molecule has 0 saturated carbocycles. The van der Waals surface area contributed by atoms with Gasteiger partial charge in [0, 0.05) is 38.5 Å². The van der Waals surface area contributed by atoms with E-state index in [0.29, 0.717) is 0 Å². The van der Waals surface area contributed by atoms with Crippen molar-refractivity contribution in [3.05, 3.63) is 200 Å². The average Bonchev–Trinajstić information content (AvgIpc) is 3.84. The maximum atomic E-state index is 6.95. The summed E-state index contributed by atoms with van der Waals surface area (Å²) in [5.41, 5.74) is 13.4. The van der Waals surface area contributed by atoms with Gasteiger partial charge in [0.1, 0.15) is 16.7 Å². The van der Waals surface area contributed by atoms with Crippen LogP contribution in [0.3, 0.4) is 0 Å². The molecule has 0 unspecified atom stereocenters. The van der Waals surface area contributed by atoms with Gasteiger partial charge < -0.3 is 13.7 Å². The minimum absolute atomic E-state index is 0.846. The molecule has 0 saturated heterocycles. The molecule has 0 aliphatic carbocycles. The molecule has 0 fully saturated rings. The predicted octanol–water partition coefficient (Wildman–Crippen LogP) is 15.1. The van der Waals surface area contributed by atoms with Gasteiger partial charge in [0.05, 0.1) is 5.69 Å². The maximum absolute atomic E-state index is 6.95. The lowest BCUT2D eigenvalue weighted by atomic mass is 9.98. The summed E-state index contributed by atoms with van der Waals surface area (Å²) in [7, 11) is 0. The van der Waals surface area contributed by atoms with E-state index in [1.54, 1.807) is 0 Å². The summed E-state index contributed by atoms with van der Waals surface area (Å²) in [6, 6.07) is 70.9. The molecule has 0 radical (unpaired) electrons. The third-order valence-corrected chi connectivity index (χ3v) is 10.9. The quantitative estimate of drug-likeness (QED) is 0.173. The van der Waals surface area contributed by atoms with Crippen molar-refractivity contribution in [2.75, 3.05) is 4.90 Å². The number of fused-ring (bicyclic) bond motifs is 7. The molecular formula is C52H33NO2. The molecule has 0 N–H and O–H groups in total. The molecule has 2 aromatic heterocycles. The third-order valence-electron chi connectivity index (χ3n) is 10.9. The zero-order valence-electron chi connectivity index (χ0n) is 29.8. The summed E-state index contributed by atoms with van der Waals surface area (Å²) < 4.78 is 13.2. The molecule has 0 aliphatic rings. The molecule has 55 heavy (non-hydrogen) atoms. The maximum Gasteiger partial charge on any atom is 0.159 e. The first-order chi connectivity index (χ1) is 27.3. The molecule has 9 aromatic carbocycles. The molecule has 11 rings (SSSR count). The molecule has 3 heteroatoms. The van der Waals surface area contributed by atoms with Crippen LogP contribution in [-0.2, 0) is 0 Å². The minimum atomic E-state index is 0.846. The number of anilines is 3. The molecular weight excluding hydrogens is 671 g/mol. The summed E-state index contributed by atoms with van der Waals surface area (Å²) in [5.74, 6) is 0. The van der Waals surface area contributed by atoms with Gasteiger partial charge in [-0.25, -0.2) is 0 Å². The van der Waals surface area contributed by atoms with Crippen molar-refractivity contribution in [3.8, 4) is 33.4 Å². The number of hydrogen-bond acceptors (Lipinski definition) is 3. The molecule has 0 aliphatic heterocycles. The van der Waals surface area contributed by atoms with Crippen LogP contribution in [0, 0.1) is 0 Å². The molecule has 258 valence electrons. The van der Waals surface area contributed by atoms with Crippen LogP contribution in [-0.4, -0.2) is 0 Å². The standard InChI is InChI=1S/C52H33NO2/c1-2-12-36(13-3-1)43-17-8-18-44-45-19-9-20-47(52(45)55-51(43)44)53(40-29-25-35(26-30-40)39-24-23-34-11-4-5-14-38(34)33-39)41-31-27-37(28-32-41)42-16-10-22-49-50(42)46-15-6-7-21-48(46)54-49/h1-33H. The summed E-state index contributed by atoms with van der Waals surface area (Å²) >= 11 is 0. The van der Waals surface area contributed by atoms with E-state index in [2.05, 4.69) is 181 Å². The number of nitrogens with zero attached hydrogens (tertiary/aromatic N) is 1. The lowest BCUT2D eigenvalue weighted by Gasteiger charge is -2.26. The normalized spacial score (nSPS) is 11.6. The second-order valence-electron chi connectivity index (χ2n) is 14.1. The van der Waals surface area contributed by atoms with E-state index in [-0.39, 0.29) is 0 Å². The first kappa shape index (κ1) is 31.2. The first-order valence-electron chi connectivity index (χ1n) is 18.7. The Bertz CT molecular complexity index is 3190. The van der Waals surface area contributed by atoms with Crippen LogP contribution in [0.2, 0.25) is 0 Å². The van der Waals surface area contributed by atoms with Crippen molar-refractivity contribution in [3.63, 3.8) is 0 Å². The van der Waals surface area contributed by atoms with E-state index < -0.39 is 0 Å². The Hall–Kier alpha value is -7.36. The van der Waals surface area contributed by atoms with Gasteiger partial charge >= 0.3 is 0 Å². The molecule has 2 heterocycles. The lowest BCUT2D eigenvalue weighted by molar-refractivity contribution is 0.669. The number of hydrogen-bond donors (Lipinski definition) is 0. The summed E-state index contributed by atoms with van der Waals surface area (Å²) in [4.78, 5) is 2.31. The highest BCUT2D eigenvalue weighted by Crippen LogP contribution is 2.45. The number of furan rings is 2. The second-order valence-corrected chi connectivity index (χ2v) is 14.1. The molecule has 11 aromatic rings. The van der Waals surface area contributed by atoms with E-state index in [4.69, 9.17) is 8.83 Å². The number of rotatable bonds is 6. The van der Waals surface area contributed by atoms with Crippen LogP contribution >= 0.6 is 0 Å². The summed E-state index contributed by atoms with van der Waals surface area (Å²) in [6.07, 6.45) is 0. The van der Waals surface area contributed by atoms with Crippen LogP contribution in [0.1, 0.15) is 0 Å². The monoisotopic (exact) mass is 703 g/mol. The zero-order chi connectivity index (χ0) is 36.3. The van der Waals surface area contributed by atoms with E-state index in [1.807, 2.05) is 24.3 Å². The van der Waals surface area contributed by atoms with Crippen molar-refractivity contribution < 1.29 is 8.83 Å². The van der Waals surface area contributed by atoms with Gasteiger partial charge in [0.2, 0.25) is 0 Å². The Labute approximate surface area is 317 Å². The van der Waals surface area contributed by atoms with Gasteiger partial charge in [-0.05, 0) is 87.1 Å². The Balaban J connectivity index is 1.07. The van der Waals surface area contributed by atoms with Gasteiger partial charge in [0.25, 0.3) is 0 Å². The Kier molecular flexibility index (Phi) is 7.17. The first-order valence-corrected chi connectivity index (χ1v) is 18.7. The van der Waals surface area contributed by atoms with Crippen molar-refractivity contribution in [2.24, 2.45) is 0 Å². The molecule has 0 amide bonds. The van der Waals surface area contributed by atoms with Gasteiger partial charge in [-0.1, -0.05) is 152 Å². The fourth-order valence-electron chi connectivity index (χ4n) is 8.23. The second kappa shape index (κ2) is 12.6. The van der Waals surface area contributed by atoms with Gasteiger partial charge in [-0.2, -0.15) is 0 Å². The van der Waals surface area contributed by atoms with E-state index in [1.165, 1.54) is 21.9 Å². The van der Waals surface area contributed by atoms with E-state index in [0.717, 1.165) is 83.2 Å². The Morgan fingerprint density at radius 3 is 1.73 bits per heavy atom. The fourth-order valence-corrected chi connectivity index (χ4v) is 8.23. The predicted molar refractivity (Wildman–Crippen MR) is 229 cm³/mol. The topological polar surface area (TPSA) is 29.5 Å². The van der Waals surface area contributed by atoms with Crippen LogP contribution in [0.15, 0.2) is 209 Å². The van der Waals surface area contributed by atoms with Gasteiger partial charge in [-0.15, -0.1) is 0 Å². The Morgan fingerprint density at radius 1 is 0.327 bits per heavy atom. The molecule has 0 atom stereocenters.